The lowest BCUT2D eigenvalue weighted by Crippen LogP contribution is -2.13. The molecule has 5 heteroatoms. The average molecular weight is 284 g/mol. The molecule has 96 valence electrons. The summed E-state index contributed by atoms with van der Waals surface area (Å²) in [7, 11) is 0. The van der Waals surface area contributed by atoms with Crippen molar-refractivity contribution in [2.45, 2.75) is 19.9 Å². The number of hydrogen-bond donors (Lipinski definition) is 2. The second-order valence-electron chi connectivity index (χ2n) is 4.07. The summed E-state index contributed by atoms with van der Waals surface area (Å²) >= 11 is 12.1. The molecule has 0 bridgehead atoms. The maximum absolute atomic E-state index is 6.20. The molecule has 0 aliphatic rings. The van der Waals surface area contributed by atoms with Crippen LogP contribution in [0.3, 0.4) is 0 Å². The molecular formula is C13H15Cl2N3. The van der Waals surface area contributed by atoms with Crippen LogP contribution in [0, 0.1) is 0 Å². The fourth-order valence-corrected chi connectivity index (χ4v) is 2.27. The van der Waals surface area contributed by atoms with Crippen LogP contribution in [0.25, 0.3) is 11.3 Å². The highest BCUT2D eigenvalue weighted by atomic mass is 35.5. The number of aromatic amines is 1. The molecule has 18 heavy (non-hydrogen) atoms. The van der Waals surface area contributed by atoms with Crippen molar-refractivity contribution in [3.8, 4) is 11.3 Å². The van der Waals surface area contributed by atoms with Crippen molar-refractivity contribution >= 4 is 23.2 Å². The number of halogens is 2. The minimum atomic E-state index is 0.628. The van der Waals surface area contributed by atoms with Gasteiger partial charge in [0.15, 0.2) is 0 Å². The van der Waals surface area contributed by atoms with Crippen LogP contribution in [0.1, 0.15) is 18.9 Å². The molecule has 1 aromatic heterocycles. The summed E-state index contributed by atoms with van der Waals surface area (Å²) in [5.41, 5.74) is 2.97. The summed E-state index contributed by atoms with van der Waals surface area (Å²) in [5.74, 6) is 0. The highest BCUT2D eigenvalue weighted by molar-refractivity contribution is 6.36. The monoisotopic (exact) mass is 283 g/mol. The van der Waals surface area contributed by atoms with Crippen molar-refractivity contribution in [1.29, 1.82) is 0 Å². The fourth-order valence-electron chi connectivity index (χ4n) is 1.77. The first-order valence-corrected chi connectivity index (χ1v) is 6.66. The van der Waals surface area contributed by atoms with Gasteiger partial charge in [-0.3, -0.25) is 5.10 Å². The molecule has 0 radical (unpaired) electrons. The third kappa shape index (κ3) is 3.05. The summed E-state index contributed by atoms with van der Waals surface area (Å²) in [6.45, 7) is 3.90. The number of nitrogens with one attached hydrogen (secondary N) is 2. The van der Waals surface area contributed by atoms with E-state index in [0.717, 1.165) is 36.3 Å². The maximum atomic E-state index is 6.20. The standard InChI is InChI=1S/C13H15Cl2N3/c1-2-5-16-7-9-8-17-18-13(9)11-4-3-10(14)6-12(11)15/h3-4,6,8,16H,2,5,7H2,1H3,(H,17,18). The molecule has 0 atom stereocenters. The lowest BCUT2D eigenvalue weighted by Gasteiger charge is -2.06. The first kappa shape index (κ1) is 13.4. The molecule has 2 N–H and O–H groups in total. The van der Waals surface area contributed by atoms with Crippen molar-refractivity contribution in [2.24, 2.45) is 0 Å². The molecule has 0 aliphatic carbocycles. The Bertz CT molecular complexity index is 523. The quantitative estimate of drug-likeness (QED) is 0.818. The van der Waals surface area contributed by atoms with Crippen molar-refractivity contribution in [1.82, 2.24) is 15.5 Å². The Labute approximate surface area is 117 Å². The molecule has 3 nitrogen and oxygen atoms in total. The van der Waals surface area contributed by atoms with E-state index in [1.165, 1.54) is 0 Å². The van der Waals surface area contributed by atoms with E-state index in [9.17, 15) is 0 Å². The molecule has 1 heterocycles. The Kier molecular flexibility index (Phi) is 4.64. The summed E-state index contributed by atoms with van der Waals surface area (Å²) in [6.07, 6.45) is 2.93. The molecular weight excluding hydrogens is 269 g/mol. The first-order chi connectivity index (χ1) is 8.72. The minimum absolute atomic E-state index is 0.628. The van der Waals surface area contributed by atoms with E-state index in [1.54, 1.807) is 6.07 Å². The number of rotatable bonds is 5. The van der Waals surface area contributed by atoms with Gasteiger partial charge in [0, 0.05) is 22.7 Å². The maximum Gasteiger partial charge on any atom is 0.0710 e. The van der Waals surface area contributed by atoms with E-state index in [4.69, 9.17) is 23.2 Å². The third-order valence-corrected chi connectivity index (χ3v) is 3.21. The average Bonchev–Trinajstić information content (AvgIpc) is 2.78. The molecule has 0 amide bonds. The molecule has 0 saturated carbocycles. The Morgan fingerprint density at radius 2 is 2.17 bits per heavy atom. The zero-order chi connectivity index (χ0) is 13.0. The van der Waals surface area contributed by atoms with Gasteiger partial charge in [0.25, 0.3) is 0 Å². The molecule has 0 spiro atoms. The van der Waals surface area contributed by atoms with Crippen molar-refractivity contribution in [3.05, 3.63) is 40.0 Å². The predicted octanol–water partition coefficient (Wildman–Crippen LogP) is 3.88. The lowest BCUT2D eigenvalue weighted by atomic mass is 10.1. The van der Waals surface area contributed by atoms with E-state index in [1.807, 2.05) is 18.3 Å². The van der Waals surface area contributed by atoms with Crippen molar-refractivity contribution in [2.75, 3.05) is 6.54 Å². The molecule has 0 saturated heterocycles. The number of hydrogen-bond acceptors (Lipinski definition) is 2. The number of H-pyrrole nitrogens is 1. The number of nitrogens with zero attached hydrogens (tertiary/aromatic N) is 1. The first-order valence-electron chi connectivity index (χ1n) is 5.90. The molecule has 0 aliphatic heterocycles. The molecule has 2 aromatic rings. The molecule has 0 fully saturated rings. The van der Waals surface area contributed by atoms with Gasteiger partial charge in [0.1, 0.15) is 0 Å². The number of aromatic nitrogens is 2. The Morgan fingerprint density at radius 1 is 1.33 bits per heavy atom. The fraction of sp³-hybridized carbons (Fsp3) is 0.308. The zero-order valence-electron chi connectivity index (χ0n) is 10.1. The normalized spacial score (nSPS) is 10.8. The van der Waals surface area contributed by atoms with Crippen LogP contribution in [0.4, 0.5) is 0 Å². The summed E-state index contributed by atoms with van der Waals surface area (Å²) in [6, 6.07) is 5.47. The summed E-state index contributed by atoms with van der Waals surface area (Å²) < 4.78 is 0. The highest BCUT2D eigenvalue weighted by Gasteiger charge is 2.11. The number of benzene rings is 1. The van der Waals surface area contributed by atoms with E-state index < -0.39 is 0 Å². The van der Waals surface area contributed by atoms with Crippen LogP contribution in [0.15, 0.2) is 24.4 Å². The van der Waals surface area contributed by atoms with Crippen molar-refractivity contribution in [3.63, 3.8) is 0 Å². The van der Waals surface area contributed by atoms with E-state index in [0.29, 0.717) is 10.0 Å². The van der Waals surface area contributed by atoms with E-state index in [-0.39, 0.29) is 0 Å². The highest BCUT2D eigenvalue weighted by Crippen LogP contribution is 2.30. The predicted molar refractivity (Wildman–Crippen MR) is 76.0 cm³/mol. The molecule has 0 unspecified atom stereocenters. The molecule has 1 aromatic carbocycles. The Hall–Kier alpha value is -1.03. The van der Waals surface area contributed by atoms with Gasteiger partial charge >= 0.3 is 0 Å². The topological polar surface area (TPSA) is 40.7 Å². The van der Waals surface area contributed by atoms with Gasteiger partial charge in [0.2, 0.25) is 0 Å². The second-order valence-corrected chi connectivity index (χ2v) is 4.91. The minimum Gasteiger partial charge on any atom is -0.313 e. The smallest absolute Gasteiger partial charge is 0.0710 e. The van der Waals surface area contributed by atoms with Crippen LogP contribution >= 0.6 is 23.2 Å². The molecule has 2 rings (SSSR count). The van der Waals surface area contributed by atoms with Gasteiger partial charge in [-0.25, -0.2) is 0 Å². The van der Waals surface area contributed by atoms with Crippen LogP contribution in [-0.2, 0) is 6.54 Å². The van der Waals surface area contributed by atoms with Gasteiger partial charge in [-0.15, -0.1) is 0 Å². The summed E-state index contributed by atoms with van der Waals surface area (Å²) in [5, 5.41) is 11.7. The largest absolute Gasteiger partial charge is 0.313 e. The SMILES string of the molecule is CCCNCc1cn[nH]c1-c1ccc(Cl)cc1Cl. The Balaban J connectivity index is 2.25. The van der Waals surface area contributed by atoms with Gasteiger partial charge in [-0.2, -0.15) is 5.10 Å². The second kappa shape index (κ2) is 6.23. The zero-order valence-corrected chi connectivity index (χ0v) is 11.6. The van der Waals surface area contributed by atoms with E-state index >= 15 is 0 Å². The van der Waals surface area contributed by atoms with E-state index in [2.05, 4.69) is 22.4 Å². The van der Waals surface area contributed by atoms with Crippen molar-refractivity contribution < 1.29 is 0 Å². The van der Waals surface area contributed by atoms with Gasteiger partial charge < -0.3 is 5.32 Å². The van der Waals surface area contributed by atoms with Gasteiger partial charge in [-0.05, 0) is 31.2 Å². The van der Waals surface area contributed by atoms with Crippen LogP contribution < -0.4 is 5.32 Å². The van der Waals surface area contributed by atoms with Crippen LogP contribution in [0.5, 0.6) is 0 Å². The van der Waals surface area contributed by atoms with Crippen LogP contribution in [0.2, 0.25) is 10.0 Å². The summed E-state index contributed by atoms with van der Waals surface area (Å²) in [4.78, 5) is 0. The van der Waals surface area contributed by atoms with Gasteiger partial charge in [0.05, 0.1) is 16.9 Å². The van der Waals surface area contributed by atoms with Crippen LogP contribution in [-0.4, -0.2) is 16.7 Å². The lowest BCUT2D eigenvalue weighted by molar-refractivity contribution is 0.676. The third-order valence-electron chi connectivity index (χ3n) is 2.66. The van der Waals surface area contributed by atoms with Gasteiger partial charge in [-0.1, -0.05) is 30.1 Å². The Morgan fingerprint density at radius 3 is 2.89 bits per heavy atom.